The normalized spacial score (nSPS) is 11.9. The van der Waals surface area contributed by atoms with Crippen LogP contribution in [0.4, 0.5) is 0 Å². The molecule has 1 amide bonds. The van der Waals surface area contributed by atoms with Crippen molar-refractivity contribution < 1.29 is 24.2 Å². The predicted molar refractivity (Wildman–Crippen MR) is 82.5 cm³/mol. The molecule has 0 aliphatic heterocycles. The summed E-state index contributed by atoms with van der Waals surface area (Å²) < 4.78 is 10.3. The van der Waals surface area contributed by atoms with E-state index in [1.807, 2.05) is 13.8 Å². The Morgan fingerprint density at radius 3 is 2.32 bits per heavy atom. The molecule has 0 aliphatic rings. The van der Waals surface area contributed by atoms with E-state index in [2.05, 4.69) is 5.32 Å². The van der Waals surface area contributed by atoms with E-state index < -0.39 is 11.9 Å². The van der Waals surface area contributed by atoms with Gasteiger partial charge < -0.3 is 19.9 Å². The summed E-state index contributed by atoms with van der Waals surface area (Å²) in [7, 11) is 3.00. The van der Waals surface area contributed by atoms with Gasteiger partial charge in [-0.3, -0.25) is 9.59 Å². The molecular weight excluding hydrogens is 286 g/mol. The molecule has 0 bridgehead atoms. The Kier molecular flexibility index (Phi) is 6.69. The van der Waals surface area contributed by atoms with Gasteiger partial charge in [0.15, 0.2) is 11.5 Å². The molecular formula is C16H23NO5. The van der Waals surface area contributed by atoms with Gasteiger partial charge in [-0.1, -0.05) is 13.8 Å². The molecule has 6 nitrogen and oxygen atoms in total. The van der Waals surface area contributed by atoms with E-state index in [-0.39, 0.29) is 18.4 Å². The monoisotopic (exact) mass is 309 g/mol. The third kappa shape index (κ3) is 4.95. The van der Waals surface area contributed by atoms with Crippen LogP contribution in [-0.2, 0) is 4.79 Å². The first kappa shape index (κ1) is 17.8. The smallest absolute Gasteiger partial charge is 0.308 e. The van der Waals surface area contributed by atoms with Gasteiger partial charge in [0.25, 0.3) is 5.91 Å². The molecule has 0 saturated heterocycles. The topological polar surface area (TPSA) is 84.9 Å². The second-order valence-corrected chi connectivity index (χ2v) is 5.44. The van der Waals surface area contributed by atoms with Gasteiger partial charge in [-0.05, 0) is 30.5 Å². The van der Waals surface area contributed by atoms with Gasteiger partial charge in [-0.15, -0.1) is 0 Å². The summed E-state index contributed by atoms with van der Waals surface area (Å²) in [5.74, 6) is -0.602. The van der Waals surface area contributed by atoms with Crippen LogP contribution in [0.5, 0.6) is 11.5 Å². The Hall–Kier alpha value is -2.24. The third-order valence-corrected chi connectivity index (χ3v) is 3.26. The number of carboxylic acid groups (broad SMARTS) is 1. The van der Waals surface area contributed by atoms with E-state index in [4.69, 9.17) is 14.6 Å². The minimum absolute atomic E-state index is 0.0979. The largest absolute Gasteiger partial charge is 0.493 e. The molecule has 1 rings (SSSR count). The highest BCUT2D eigenvalue weighted by atomic mass is 16.5. The van der Waals surface area contributed by atoms with Gasteiger partial charge in [0.2, 0.25) is 0 Å². The molecule has 0 radical (unpaired) electrons. The highest BCUT2D eigenvalue weighted by molar-refractivity contribution is 5.95. The molecule has 1 atom stereocenters. The van der Waals surface area contributed by atoms with Crippen molar-refractivity contribution in [3.05, 3.63) is 23.8 Å². The molecule has 0 aromatic heterocycles. The summed E-state index contributed by atoms with van der Waals surface area (Å²) in [4.78, 5) is 23.3. The Balaban J connectivity index is 2.74. The number of hydrogen-bond donors (Lipinski definition) is 2. The molecule has 1 aromatic carbocycles. The number of benzene rings is 1. The first-order chi connectivity index (χ1) is 10.4. The number of carbonyl (C=O) groups excluding carboxylic acids is 1. The summed E-state index contributed by atoms with van der Waals surface area (Å²) >= 11 is 0. The van der Waals surface area contributed by atoms with Crippen LogP contribution < -0.4 is 14.8 Å². The molecule has 1 unspecified atom stereocenters. The Labute approximate surface area is 130 Å². The van der Waals surface area contributed by atoms with Crippen molar-refractivity contribution in [1.82, 2.24) is 5.32 Å². The van der Waals surface area contributed by atoms with Crippen molar-refractivity contribution in [3.8, 4) is 11.5 Å². The molecule has 0 heterocycles. The maximum atomic E-state index is 12.1. The maximum Gasteiger partial charge on any atom is 0.308 e. The predicted octanol–water partition coefficient (Wildman–Crippen LogP) is 2.18. The van der Waals surface area contributed by atoms with Gasteiger partial charge in [-0.2, -0.15) is 0 Å². The second kappa shape index (κ2) is 8.26. The lowest BCUT2D eigenvalue weighted by atomic mass is 9.97. The number of carboxylic acids is 1. The summed E-state index contributed by atoms with van der Waals surface area (Å²) in [6.45, 7) is 4.00. The lowest BCUT2D eigenvalue weighted by Gasteiger charge is -2.16. The fourth-order valence-electron chi connectivity index (χ4n) is 2.14. The van der Waals surface area contributed by atoms with E-state index >= 15 is 0 Å². The van der Waals surface area contributed by atoms with E-state index in [0.717, 1.165) is 0 Å². The number of amides is 1. The van der Waals surface area contributed by atoms with Gasteiger partial charge in [-0.25, -0.2) is 0 Å². The van der Waals surface area contributed by atoms with E-state index in [1.54, 1.807) is 18.2 Å². The summed E-state index contributed by atoms with van der Waals surface area (Å²) in [6.07, 6.45) is 0.515. The van der Waals surface area contributed by atoms with Crippen molar-refractivity contribution >= 4 is 11.9 Å². The van der Waals surface area contributed by atoms with E-state index in [0.29, 0.717) is 23.5 Å². The molecule has 2 N–H and O–H groups in total. The van der Waals surface area contributed by atoms with Crippen molar-refractivity contribution in [2.24, 2.45) is 11.8 Å². The minimum Gasteiger partial charge on any atom is -0.493 e. The van der Waals surface area contributed by atoms with Gasteiger partial charge in [0.05, 0.1) is 20.1 Å². The Morgan fingerprint density at radius 2 is 1.82 bits per heavy atom. The van der Waals surface area contributed by atoms with Crippen molar-refractivity contribution in [3.63, 3.8) is 0 Å². The molecule has 6 heteroatoms. The lowest BCUT2D eigenvalue weighted by molar-refractivity contribution is -0.142. The highest BCUT2D eigenvalue weighted by Gasteiger charge is 2.20. The molecule has 0 saturated carbocycles. The lowest BCUT2D eigenvalue weighted by Crippen LogP contribution is -2.33. The number of carbonyl (C=O) groups is 2. The third-order valence-electron chi connectivity index (χ3n) is 3.26. The maximum absolute atomic E-state index is 12.1. The van der Waals surface area contributed by atoms with Crippen molar-refractivity contribution in [2.45, 2.75) is 20.3 Å². The first-order valence-corrected chi connectivity index (χ1v) is 7.12. The number of hydrogen-bond acceptors (Lipinski definition) is 4. The van der Waals surface area contributed by atoms with Crippen LogP contribution in [0.1, 0.15) is 30.6 Å². The fourth-order valence-corrected chi connectivity index (χ4v) is 2.14. The van der Waals surface area contributed by atoms with Crippen LogP contribution in [0, 0.1) is 11.8 Å². The van der Waals surface area contributed by atoms with Gasteiger partial charge >= 0.3 is 5.97 Å². The zero-order valence-electron chi connectivity index (χ0n) is 13.4. The molecule has 122 valence electrons. The van der Waals surface area contributed by atoms with Crippen LogP contribution >= 0.6 is 0 Å². The fraction of sp³-hybridized carbons (Fsp3) is 0.500. The average Bonchev–Trinajstić information content (AvgIpc) is 2.49. The Bertz CT molecular complexity index is 527. The van der Waals surface area contributed by atoms with Crippen molar-refractivity contribution in [1.29, 1.82) is 0 Å². The zero-order valence-corrected chi connectivity index (χ0v) is 13.4. The average molecular weight is 309 g/mol. The standard InChI is InChI=1S/C16H23NO5/c1-10(2)7-12(16(19)20)9-17-15(18)11-5-6-13(21-3)14(8-11)22-4/h5-6,8,10,12H,7,9H2,1-4H3,(H,17,18)(H,19,20). The quantitative estimate of drug-likeness (QED) is 0.769. The first-order valence-electron chi connectivity index (χ1n) is 7.12. The van der Waals surface area contributed by atoms with Crippen LogP contribution in [0.25, 0.3) is 0 Å². The second-order valence-electron chi connectivity index (χ2n) is 5.44. The van der Waals surface area contributed by atoms with E-state index in [1.165, 1.54) is 14.2 Å². The molecule has 0 aliphatic carbocycles. The van der Waals surface area contributed by atoms with Crippen molar-refractivity contribution in [2.75, 3.05) is 20.8 Å². The number of aliphatic carboxylic acids is 1. The zero-order chi connectivity index (χ0) is 16.7. The number of rotatable bonds is 8. The summed E-state index contributed by atoms with van der Waals surface area (Å²) in [6, 6.07) is 4.80. The summed E-state index contributed by atoms with van der Waals surface area (Å²) in [5.41, 5.74) is 0.395. The van der Waals surface area contributed by atoms with Crippen LogP contribution in [-0.4, -0.2) is 37.7 Å². The number of ether oxygens (including phenoxy) is 2. The number of nitrogens with one attached hydrogen (secondary N) is 1. The van der Waals surface area contributed by atoms with Crippen LogP contribution in [0.2, 0.25) is 0 Å². The minimum atomic E-state index is -0.902. The molecule has 22 heavy (non-hydrogen) atoms. The van der Waals surface area contributed by atoms with Gasteiger partial charge in [0.1, 0.15) is 0 Å². The Morgan fingerprint density at radius 1 is 1.18 bits per heavy atom. The molecule has 0 spiro atoms. The SMILES string of the molecule is COc1ccc(C(=O)NCC(CC(C)C)C(=O)O)cc1OC. The molecule has 0 fully saturated rings. The van der Waals surface area contributed by atoms with Crippen LogP contribution in [0.15, 0.2) is 18.2 Å². The number of methoxy groups -OCH3 is 2. The van der Waals surface area contributed by atoms with Gasteiger partial charge in [0, 0.05) is 12.1 Å². The van der Waals surface area contributed by atoms with Crippen LogP contribution in [0.3, 0.4) is 0 Å². The molecule has 1 aromatic rings. The highest BCUT2D eigenvalue weighted by Crippen LogP contribution is 2.27. The summed E-state index contributed by atoms with van der Waals surface area (Å²) in [5, 5.41) is 11.8. The van der Waals surface area contributed by atoms with E-state index in [9.17, 15) is 9.59 Å².